The molecule has 0 rings (SSSR count). The molecule has 0 aromatic carbocycles. The SMILES string of the molecule is CCCCCCCCCCCCCCCCCCNF. The minimum Gasteiger partial charge on any atom is -0.159 e. The van der Waals surface area contributed by atoms with Crippen LogP contribution in [0.15, 0.2) is 0 Å². The van der Waals surface area contributed by atoms with Gasteiger partial charge in [-0.3, -0.25) is 0 Å². The molecule has 0 atom stereocenters. The highest BCUT2D eigenvalue weighted by Crippen LogP contribution is 2.13. The van der Waals surface area contributed by atoms with Crippen molar-refractivity contribution < 1.29 is 4.48 Å². The number of hydrogen-bond acceptors (Lipinski definition) is 1. The second kappa shape index (κ2) is 18.9. The van der Waals surface area contributed by atoms with E-state index in [1.54, 1.807) is 5.54 Å². The van der Waals surface area contributed by atoms with Crippen LogP contribution < -0.4 is 5.54 Å². The maximum Gasteiger partial charge on any atom is 0.0259 e. The highest BCUT2D eigenvalue weighted by atomic mass is 19.2. The molecule has 0 aliphatic carbocycles. The summed E-state index contributed by atoms with van der Waals surface area (Å²) in [5.74, 6) is 0. The van der Waals surface area contributed by atoms with Crippen molar-refractivity contribution >= 4 is 0 Å². The van der Waals surface area contributed by atoms with Crippen LogP contribution in [0.25, 0.3) is 0 Å². The summed E-state index contributed by atoms with van der Waals surface area (Å²) < 4.78 is 11.6. The summed E-state index contributed by atoms with van der Waals surface area (Å²) in [6.45, 7) is 2.81. The van der Waals surface area contributed by atoms with E-state index in [9.17, 15) is 4.48 Å². The number of rotatable bonds is 17. The maximum absolute atomic E-state index is 11.6. The molecule has 0 saturated carbocycles. The lowest BCUT2D eigenvalue weighted by molar-refractivity contribution is 0.327. The first-order valence-electron chi connectivity index (χ1n) is 9.25. The third kappa shape index (κ3) is 17.9. The lowest BCUT2D eigenvalue weighted by atomic mass is 10.0. The molecule has 0 radical (unpaired) electrons. The summed E-state index contributed by atoms with van der Waals surface area (Å²) in [7, 11) is 0. The van der Waals surface area contributed by atoms with E-state index in [0.29, 0.717) is 6.54 Å². The van der Waals surface area contributed by atoms with Crippen molar-refractivity contribution in [2.75, 3.05) is 6.54 Å². The van der Waals surface area contributed by atoms with Crippen molar-refractivity contribution in [1.29, 1.82) is 0 Å². The van der Waals surface area contributed by atoms with Gasteiger partial charge in [-0.25, -0.2) is 0 Å². The van der Waals surface area contributed by atoms with E-state index in [1.807, 2.05) is 0 Å². The Balaban J connectivity index is 2.89. The third-order valence-corrected chi connectivity index (χ3v) is 4.12. The monoisotopic (exact) mass is 287 g/mol. The Labute approximate surface area is 127 Å². The molecule has 20 heavy (non-hydrogen) atoms. The molecule has 0 unspecified atom stereocenters. The van der Waals surface area contributed by atoms with E-state index in [-0.39, 0.29) is 0 Å². The molecule has 1 N–H and O–H groups in total. The fraction of sp³-hybridized carbons (Fsp3) is 1.00. The van der Waals surface area contributed by atoms with Gasteiger partial charge in [0.25, 0.3) is 0 Å². The fourth-order valence-corrected chi connectivity index (χ4v) is 2.74. The van der Waals surface area contributed by atoms with Crippen LogP contribution in [0.2, 0.25) is 0 Å². The van der Waals surface area contributed by atoms with Crippen LogP contribution in [0.1, 0.15) is 110 Å². The summed E-state index contributed by atoms with van der Waals surface area (Å²) in [5.41, 5.74) is 1.72. The van der Waals surface area contributed by atoms with Gasteiger partial charge in [0.2, 0.25) is 0 Å². The molecule has 0 spiro atoms. The molecular weight excluding hydrogens is 249 g/mol. The van der Waals surface area contributed by atoms with E-state index < -0.39 is 0 Å². The Hall–Kier alpha value is -0.110. The van der Waals surface area contributed by atoms with Gasteiger partial charge in [-0.2, -0.15) is 5.54 Å². The molecule has 0 aromatic rings. The van der Waals surface area contributed by atoms with Crippen molar-refractivity contribution in [2.45, 2.75) is 110 Å². The van der Waals surface area contributed by atoms with Gasteiger partial charge in [0.05, 0.1) is 0 Å². The average molecular weight is 288 g/mol. The van der Waals surface area contributed by atoms with E-state index in [1.165, 1.54) is 96.3 Å². The predicted octanol–water partition coefficient (Wildman–Crippen LogP) is 6.72. The molecule has 0 amide bonds. The quantitative estimate of drug-likeness (QED) is 0.231. The molecule has 0 fully saturated rings. The normalized spacial score (nSPS) is 11.1. The van der Waals surface area contributed by atoms with Gasteiger partial charge in [0, 0.05) is 6.54 Å². The molecule has 122 valence electrons. The van der Waals surface area contributed by atoms with Crippen LogP contribution in [0, 0.1) is 0 Å². The van der Waals surface area contributed by atoms with E-state index >= 15 is 0 Å². The minimum atomic E-state index is 0.526. The molecule has 0 aliphatic heterocycles. The summed E-state index contributed by atoms with van der Waals surface area (Å²) in [4.78, 5) is 0. The Kier molecular flexibility index (Phi) is 18.8. The fourth-order valence-electron chi connectivity index (χ4n) is 2.74. The van der Waals surface area contributed by atoms with Crippen LogP contribution in [-0.4, -0.2) is 6.54 Å². The van der Waals surface area contributed by atoms with Gasteiger partial charge in [-0.1, -0.05) is 103 Å². The Morgan fingerprint density at radius 1 is 0.500 bits per heavy atom. The predicted molar refractivity (Wildman–Crippen MR) is 88.7 cm³/mol. The van der Waals surface area contributed by atoms with Gasteiger partial charge in [-0.15, -0.1) is 4.48 Å². The lowest BCUT2D eigenvalue weighted by Gasteiger charge is -2.03. The number of halogens is 1. The molecule has 0 saturated heterocycles. The number of nitrogens with one attached hydrogen (secondary N) is 1. The summed E-state index contributed by atoms with van der Waals surface area (Å²) in [5, 5.41) is 0. The highest BCUT2D eigenvalue weighted by molar-refractivity contribution is 4.50. The van der Waals surface area contributed by atoms with Crippen LogP contribution in [0.4, 0.5) is 4.48 Å². The molecular formula is C18H38FN. The molecule has 1 nitrogen and oxygen atoms in total. The highest BCUT2D eigenvalue weighted by Gasteiger charge is 1.94. The van der Waals surface area contributed by atoms with Crippen molar-refractivity contribution in [3.05, 3.63) is 0 Å². The molecule has 2 heteroatoms. The zero-order chi connectivity index (χ0) is 14.7. The Morgan fingerprint density at radius 3 is 1.10 bits per heavy atom. The average Bonchev–Trinajstić information content (AvgIpc) is 2.47. The minimum absolute atomic E-state index is 0.526. The lowest BCUT2D eigenvalue weighted by Crippen LogP contribution is -2.01. The summed E-state index contributed by atoms with van der Waals surface area (Å²) in [6, 6.07) is 0. The summed E-state index contributed by atoms with van der Waals surface area (Å²) >= 11 is 0. The van der Waals surface area contributed by atoms with Gasteiger partial charge in [-0.05, 0) is 6.42 Å². The van der Waals surface area contributed by atoms with Crippen molar-refractivity contribution in [3.8, 4) is 0 Å². The number of unbranched alkanes of at least 4 members (excludes halogenated alkanes) is 15. The van der Waals surface area contributed by atoms with Crippen molar-refractivity contribution in [2.24, 2.45) is 0 Å². The molecule has 0 heterocycles. The maximum atomic E-state index is 11.6. The first-order chi connectivity index (χ1) is 9.91. The summed E-state index contributed by atoms with van der Waals surface area (Å²) in [6.07, 6.45) is 21.9. The first-order valence-corrected chi connectivity index (χ1v) is 9.25. The van der Waals surface area contributed by atoms with E-state index in [4.69, 9.17) is 0 Å². The zero-order valence-electron chi connectivity index (χ0n) is 13.9. The van der Waals surface area contributed by atoms with Crippen LogP contribution in [-0.2, 0) is 0 Å². The largest absolute Gasteiger partial charge is 0.159 e. The zero-order valence-corrected chi connectivity index (χ0v) is 13.9. The third-order valence-electron chi connectivity index (χ3n) is 4.12. The van der Waals surface area contributed by atoms with Crippen LogP contribution in [0.3, 0.4) is 0 Å². The molecule has 0 aliphatic rings. The standard InChI is InChI=1S/C18H38FN/c1-2-3-4-5-6-7-8-9-10-11-12-13-14-15-16-17-18-20-19/h20H,2-18H2,1H3. The number of hydrogen-bond donors (Lipinski definition) is 1. The second-order valence-corrected chi connectivity index (χ2v) is 6.19. The van der Waals surface area contributed by atoms with Crippen LogP contribution >= 0.6 is 0 Å². The second-order valence-electron chi connectivity index (χ2n) is 6.19. The van der Waals surface area contributed by atoms with Gasteiger partial charge < -0.3 is 0 Å². The van der Waals surface area contributed by atoms with Crippen LogP contribution in [0.5, 0.6) is 0 Å². The van der Waals surface area contributed by atoms with E-state index in [2.05, 4.69) is 6.92 Å². The Bertz CT molecular complexity index is 143. The Morgan fingerprint density at radius 2 is 0.800 bits per heavy atom. The van der Waals surface area contributed by atoms with Gasteiger partial charge in [0.1, 0.15) is 0 Å². The van der Waals surface area contributed by atoms with E-state index in [0.717, 1.165) is 6.42 Å². The topological polar surface area (TPSA) is 12.0 Å². The van der Waals surface area contributed by atoms with Gasteiger partial charge in [0.15, 0.2) is 0 Å². The smallest absolute Gasteiger partial charge is 0.0259 e. The van der Waals surface area contributed by atoms with Gasteiger partial charge >= 0.3 is 0 Å². The van der Waals surface area contributed by atoms with Crippen molar-refractivity contribution in [3.63, 3.8) is 0 Å². The molecule has 0 aromatic heterocycles. The van der Waals surface area contributed by atoms with Crippen molar-refractivity contribution in [1.82, 2.24) is 5.54 Å². The first kappa shape index (κ1) is 19.9. The molecule has 0 bridgehead atoms.